The maximum atomic E-state index is 11.8. The first-order valence-electron chi connectivity index (χ1n) is 7.49. The summed E-state index contributed by atoms with van der Waals surface area (Å²) in [5.41, 5.74) is 1.30. The van der Waals surface area contributed by atoms with Crippen LogP contribution in [0.3, 0.4) is 0 Å². The van der Waals surface area contributed by atoms with Crippen LogP contribution >= 0.6 is 15.9 Å². The Kier molecular flexibility index (Phi) is 3.55. The highest BCUT2D eigenvalue weighted by atomic mass is 79.9. The molecule has 4 N–H and O–H groups in total. The number of fused-ring (bicyclic) bond motifs is 2. The van der Waals surface area contributed by atoms with Crippen LogP contribution in [0.5, 0.6) is 23.0 Å². The van der Waals surface area contributed by atoms with Crippen LogP contribution < -0.4 is 5.43 Å². The van der Waals surface area contributed by atoms with Crippen molar-refractivity contribution in [1.29, 1.82) is 0 Å². The van der Waals surface area contributed by atoms with Gasteiger partial charge in [0.05, 0.1) is 4.47 Å². The SMILES string of the molecule is O=c1cc2oc3cc(O)c(O)cc3c(-c3ccc(O)c(Br)c3)c-2cc1O. The maximum absolute atomic E-state index is 11.8. The van der Waals surface area contributed by atoms with Gasteiger partial charge in [0.1, 0.15) is 17.1 Å². The Morgan fingerprint density at radius 2 is 1.54 bits per heavy atom. The molecule has 0 atom stereocenters. The average molecular weight is 415 g/mol. The Labute approximate surface area is 154 Å². The van der Waals surface area contributed by atoms with Gasteiger partial charge < -0.3 is 24.8 Å². The highest BCUT2D eigenvalue weighted by Gasteiger charge is 2.21. The maximum Gasteiger partial charge on any atom is 0.223 e. The fourth-order valence-electron chi connectivity index (χ4n) is 2.90. The summed E-state index contributed by atoms with van der Waals surface area (Å²) in [6, 6.07) is 9.85. The van der Waals surface area contributed by atoms with Gasteiger partial charge in [0.15, 0.2) is 17.2 Å². The minimum atomic E-state index is -0.596. The summed E-state index contributed by atoms with van der Waals surface area (Å²) in [6.07, 6.45) is 0. The molecule has 1 aliphatic heterocycles. The Hall–Kier alpha value is -3.19. The third kappa shape index (κ3) is 2.44. The van der Waals surface area contributed by atoms with E-state index in [2.05, 4.69) is 15.9 Å². The Morgan fingerprint density at radius 1 is 0.808 bits per heavy atom. The first-order chi connectivity index (χ1) is 12.3. The first kappa shape index (κ1) is 16.3. The fraction of sp³-hybridized carbons (Fsp3) is 0. The van der Waals surface area contributed by atoms with Crippen molar-refractivity contribution < 1.29 is 24.8 Å². The lowest BCUT2D eigenvalue weighted by atomic mass is 9.93. The van der Waals surface area contributed by atoms with Gasteiger partial charge in [0.2, 0.25) is 5.43 Å². The van der Waals surface area contributed by atoms with Gasteiger partial charge in [0, 0.05) is 28.6 Å². The normalized spacial score (nSPS) is 11.3. The van der Waals surface area contributed by atoms with Crippen molar-refractivity contribution in [3.8, 4) is 45.4 Å². The molecule has 0 saturated carbocycles. The molecule has 0 amide bonds. The Balaban J connectivity index is 2.22. The van der Waals surface area contributed by atoms with Crippen molar-refractivity contribution in [3.05, 3.63) is 57.2 Å². The highest BCUT2D eigenvalue weighted by Crippen LogP contribution is 2.44. The zero-order valence-corrected chi connectivity index (χ0v) is 14.6. The molecule has 0 saturated heterocycles. The van der Waals surface area contributed by atoms with Gasteiger partial charge >= 0.3 is 0 Å². The van der Waals surface area contributed by atoms with E-state index in [9.17, 15) is 25.2 Å². The van der Waals surface area contributed by atoms with E-state index in [4.69, 9.17) is 4.42 Å². The minimum absolute atomic E-state index is 0.0492. The summed E-state index contributed by atoms with van der Waals surface area (Å²) in [5.74, 6) is -0.873. The van der Waals surface area contributed by atoms with Crippen LogP contribution in [0.25, 0.3) is 33.4 Å². The van der Waals surface area contributed by atoms with Crippen LogP contribution in [0.1, 0.15) is 0 Å². The van der Waals surface area contributed by atoms with E-state index in [-0.39, 0.29) is 28.6 Å². The molecule has 0 radical (unpaired) electrons. The number of benzene rings is 3. The molecule has 0 bridgehead atoms. The van der Waals surface area contributed by atoms with Gasteiger partial charge in [-0.2, -0.15) is 0 Å². The molecule has 7 heteroatoms. The summed E-state index contributed by atoms with van der Waals surface area (Å²) < 4.78 is 6.14. The zero-order chi connectivity index (χ0) is 18.6. The van der Waals surface area contributed by atoms with Crippen molar-refractivity contribution in [2.24, 2.45) is 0 Å². The van der Waals surface area contributed by atoms with Crippen molar-refractivity contribution in [2.45, 2.75) is 0 Å². The molecular weight excluding hydrogens is 404 g/mol. The molecule has 0 aromatic heterocycles. The van der Waals surface area contributed by atoms with Gasteiger partial charge in [0.25, 0.3) is 0 Å². The molecule has 0 unspecified atom stereocenters. The molecule has 4 rings (SSSR count). The molecule has 1 aliphatic carbocycles. The number of phenolic OH excluding ortho intramolecular Hbond substituents is 4. The van der Waals surface area contributed by atoms with E-state index in [1.54, 1.807) is 12.1 Å². The number of phenols is 4. The van der Waals surface area contributed by atoms with E-state index in [0.29, 0.717) is 26.5 Å². The second-order valence-electron chi connectivity index (χ2n) is 5.80. The van der Waals surface area contributed by atoms with Gasteiger partial charge in [-0.05, 0) is 45.8 Å². The Bertz CT molecular complexity index is 1210. The lowest BCUT2D eigenvalue weighted by molar-refractivity contribution is 0.404. The van der Waals surface area contributed by atoms with Gasteiger partial charge in [-0.15, -0.1) is 0 Å². The van der Waals surface area contributed by atoms with Crippen molar-refractivity contribution in [1.82, 2.24) is 0 Å². The number of aromatic hydroxyl groups is 4. The second-order valence-corrected chi connectivity index (χ2v) is 6.65. The van der Waals surface area contributed by atoms with Crippen molar-refractivity contribution >= 4 is 26.9 Å². The third-order valence-corrected chi connectivity index (χ3v) is 4.77. The van der Waals surface area contributed by atoms with Gasteiger partial charge in [-0.25, -0.2) is 0 Å². The second kappa shape index (κ2) is 5.67. The molecule has 0 spiro atoms. The van der Waals surface area contributed by atoms with Crippen LogP contribution in [0.2, 0.25) is 0 Å². The van der Waals surface area contributed by atoms with E-state index in [1.165, 1.54) is 24.3 Å². The van der Waals surface area contributed by atoms with Crippen molar-refractivity contribution in [2.75, 3.05) is 0 Å². The monoisotopic (exact) mass is 414 g/mol. The van der Waals surface area contributed by atoms with Crippen LogP contribution in [0.15, 0.2) is 56.1 Å². The molecule has 2 aliphatic rings. The van der Waals surface area contributed by atoms with E-state index in [0.717, 1.165) is 6.07 Å². The predicted octanol–water partition coefficient (Wildman–Crippen LogP) is 4.15. The van der Waals surface area contributed by atoms with Crippen LogP contribution in [0, 0.1) is 0 Å². The van der Waals surface area contributed by atoms with Crippen molar-refractivity contribution in [3.63, 3.8) is 0 Å². The smallest absolute Gasteiger partial charge is 0.223 e. The van der Waals surface area contributed by atoms with Crippen LogP contribution in [-0.2, 0) is 0 Å². The predicted molar refractivity (Wildman–Crippen MR) is 98.9 cm³/mol. The molecule has 130 valence electrons. The lowest BCUT2D eigenvalue weighted by Crippen LogP contribution is -2.01. The largest absolute Gasteiger partial charge is 0.507 e. The molecule has 0 fully saturated rings. The highest BCUT2D eigenvalue weighted by molar-refractivity contribution is 9.10. The molecule has 2 aromatic carbocycles. The summed E-state index contributed by atoms with van der Waals surface area (Å²) in [6.45, 7) is 0. The van der Waals surface area contributed by atoms with Gasteiger partial charge in [-0.3, -0.25) is 4.79 Å². The summed E-state index contributed by atoms with van der Waals surface area (Å²) >= 11 is 3.26. The first-order valence-corrected chi connectivity index (χ1v) is 8.29. The number of hydrogen-bond acceptors (Lipinski definition) is 6. The minimum Gasteiger partial charge on any atom is -0.507 e. The topological polar surface area (TPSA) is 111 Å². The molecule has 26 heavy (non-hydrogen) atoms. The molecule has 6 nitrogen and oxygen atoms in total. The van der Waals surface area contributed by atoms with E-state index < -0.39 is 11.2 Å². The van der Waals surface area contributed by atoms with Crippen LogP contribution in [0.4, 0.5) is 0 Å². The van der Waals surface area contributed by atoms with E-state index in [1.807, 2.05) is 0 Å². The number of rotatable bonds is 1. The Morgan fingerprint density at radius 3 is 2.27 bits per heavy atom. The summed E-state index contributed by atoms with van der Waals surface area (Å²) in [4.78, 5) is 11.8. The zero-order valence-electron chi connectivity index (χ0n) is 13.0. The summed E-state index contributed by atoms with van der Waals surface area (Å²) in [7, 11) is 0. The fourth-order valence-corrected chi connectivity index (χ4v) is 3.28. The molecule has 1 heterocycles. The van der Waals surface area contributed by atoms with Gasteiger partial charge in [-0.1, -0.05) is 6.07 Å². The standard InChI is InChI=1S/C19H11BrO6/c20-11-3-8(1-2-12(11)21)19-9-4-13(22)15(24)6-17(9)26-18-7-16(25)14(23)5-10(18)19/h1-7,21-24H. The summed E-state index contributed by atoms with van der Waals surface area (Å²) in [5, 5.41) is 39.8. The number of hydrogen-bond donors (Lipinski definition) is 4. The number of halogens is 1. The lowest BCUT2D eigenvalue weighted by Gasteiger charge is -2.16. The van der Waals surface area contributed by atoms with E-state index >= 15 is 0 Å². The molecule has 2 aromatic rings. The quantitative estimate of drug-likeness (QED) is 0.275. The third-order valence-electron chi connectivity index (χ3n) is 4.13. The van der Waals surface area contributed by atoms with Crippen LogP contribution in [-0.4, -0.2) is 20.4 Å². The molecular formula is C19H11BrO6. The average Bonchev–Trinajstić information content (AvgIpc) is 2.59.